The van der Waals surface area contributed by atoms with E-state index in [9.17, 15) is 24.3 Å². The molecule has 150 valence electrons. The Morgan fingerprint density at radius 1 is 0.846 bits per heavy atom. The van der Waals surface area contributed by atoms with Crippen LogP contribution in [0.25, 0.3) is 0 Å². The maximum atomic E-state index is 11.8. The average Bonchev–Trinajstić information content (AvgIpc) is 2.48. The fraction of sp³-hybridized carbons (Fsp3) is 0.750. The molecule has 0 aromatic rings. The molecule has 0 aliphatic heterocycles. The van der Waals surface area contributed by atoms with Gasteiger partial charge in [0, 0.05) is 12.0 Å². The van der Waals surface area contributed by atoms with E-state index in [-0.39, 0.29) is 18.4 Å². The van der Waals surface area contributed by atoms with E-state index >= 15 is 0 Å². The molecule has 0 aliphatic rings. The molecule has 0 heterocycles. The minimum absolute atomic E-state index is 0.0356. The Labute approximate surface area is 152 Å². The van der Waals surface area contributed by atoms with E-state index in [2.05, 4.69) is 16.0 Å². The second kappa shape index (κ2) is 11.3. The number of nitrogens with one attached hydrogen (secondary N) is 3. The summed E-state index contributed by atoms with van der Waals surface area (Å²) in [6.07, 6.45) is 0.749. The number of rotatable bonds is 12. The quantitative estimate of drug-likeness (QED) is 0.270. The minimum atomic E-state index is -1.41. The van der Waals surface area contributed by atoms with Crippen molar-refractivity contribution in [2.45, 2.75) is 70.5 Å². The maximum absolute atomic E-state index is 11.8. The Morgan fingerprint density at radius 2 is 1.35 bits per heavy atom. The van der Waals surface area contributed by atoms with Crippen molar-refractivity contribution < 1.29 is 34.5 Å². The van der Waals surface area contributed by atoms with Crippen LogP contribution in [0.15, 0.2) is 0 Å². The molecular formula is C16H29N3O7. The van der Waals surface area contributed by atoms with Crippen LogP contribution in [0.1, 0.15) is 52.9 Å². The molecule has 0 saturated carbocycles. The molecular weight excluding hydrogens is 346 g/mol. The fourth-order valence-corrected chi connectivity index (χ4v) is 2.08. The SMILES string of the molecule is CC(C)(C)NCCCCC(NC(=O)N[C@@H](CCC(=O)O)C(=O)O)C(=O)O. The van der Waals surface area contributed by atoms with E-state index in [1.807, 2.05) is 20.8 Å². The summed E-state index contributed by atoms with van der Waals surface area (Å²) in [6, 6.07) is -3.52. The molecule has 0 rings (SSSR count). The summed E-state index contributed by atoms with van der Waals surface area (Å²) in [5, 5.41) is 34.3. The Morgan fingerprint density at radius 3 is 1.77 bits per heavy atom. The topological polar surface area (TPSA) is 165 Å². The van der Waals surface area contributed by atoms with E-state index in [1.54, 1.807) is 0 Å². The largest absolute Gasteiger partial charge is 0.481 e. The van der Waals surface area contributed by atoms with Gasteiger partial charge in [-0.05, 0) is 53.0 Å². The standard InChI is InChI=1S/C16H29N3O7/c1-16(2,3)17-9-5-4-6-10(13(22)23)18-15(26)19-11(14(24)25)7-8-12(20)21/h10-11,17H,4-9H2,1-3H3,(H,20,21)(H,22,23)(H,24,25)(H2,18,19,26)/t10?,11-/m0/s1. The molecule has 26 heavy (non-hydrogen) atoms. The molecule has 6 N–H and O–H groups in total. The van der Waals surface area contributed by atoms with Gasteiger partial charge in [0.2, 0.25) is 0 Å². The molecule has 0 aromatic heterocycles. The number of amides is 2. The highest BCUT2D eigenvalue weighted by atomic mass is 16.4. The van der Waals surface area contributed by atoms with Crippen LogP contribution in [-0.2, 0) is 14.4 Å². The van der Waals surface area contributed by atoms with Crippen molar-refractivity contribution in [1.29, 1.82) is 0 Å². The van der Waals surface area contributed by atoms with Gasteiger partial charge < -0.3 is 31.3 Å². The molecule has 10 heteroatoms. The van der Waals surface area contributed by atoms with Gasteiger partial charge in [-0.1, -0.05) is 0 Å². The van der Waals surface area contributed by atoms with Crippen LogP contribution in [0.4, 0.5) is 4.79 Å². The first-order valence-electron chi connectivity index (χ1n) is 8.42. The monoisotopic (exact) mass is 375 g/mol. The van der Waals surface area contributed by atoms with Gasteiger partial charge in [0.15, 0.2) is 0 Å². The lowest BCUT2D eigenvalue weighted by atomic mass is 10.1. The molecule has 0 spiro atoms. The van der Waals surface area contributed by atoms with E-state index < -0.39 is 42.4 Å². The van der Waals surface area contributed by atoms with E-state index in [4.69, 9.17) is 10.2 Å². The van der Waals surface area contributed by atoms with Gasteiger partial charge >= 0.3 is 23.9 Å². The van der Waals surface area contributed by atoms with E-state index in [0.717, 1.165) is 6.42 Å². The summed E-state index contributed by atoms with van der Waals surface area (Å²) < 4.78 is 0. The first kappa shape index (κ1) is 23.6. The van der Waals surface area contributed by atoms with Gasteiger partial charge in [0.25, 0.3) is 0 Å². The number of urea groups is 1. The first-order chi connectivity index (χ1) is 11.9. The smallest absolute Gasteiger partial charge is 0.326 e. The van der Waals surface area contributed by atoms with Gasteiger partial charge in [0.1, 0.15) is 12.1 Å². The molecule has 0 aliphatic carbocycles. The lowest BCUT2D eigenvalue weighted by molar-refractivity contribution is -0.140. The van der Waals surface area contributed by atoms with Gasteiger partial charge in [0.05, 0.1) is 0 Å². The summed E-state index contributed by atoms with van der Waals surface area (Å²) in [5.41, 5.74) is -0.0356. The number of unbranched alkanes of at least 4 members (excludes halogenated alkanes) is 1. The van der Waals surface area contributed by atoms with Crippen molar-refractivity contribution in [2.75, 3.05) is 6.54 Å². The minimum Gasteiger partial charge on any atom is -0.481 e. The van der Waals surface area contributed by atoms with Crippen molar-refractivity contribution in [3.05, 3.63) is 0 Å². The summed E-state index contributed by atoms with van der Waals surface area (Å²) in [5.74, 6) is -3.80. The zero-order valence-corrected chi connectivity index (χ0v) is 15.4. The van der Waals surface area contributed by atoms with Crippen molar-refractivity contribution >= 4 is 23.9 Å². The molecule has 0 fully saturated rings. The van der Waals surface area contributed by atoms with Gasteiger partial charge in [-0.25, -0.2) is 14.4 Å². The number of aliphatic carboxylic acids is 3. The lowest BCUT2D eigenvalue weighted by Crippen LogP contribution is -2.51. The fourth-order valence-electron chi connectivity index (χ4n) is 2.08. The normalized spacial score (nSPS) is 13.5. The third kappa shape index (κ3) is 12.1. The summed E-state index contributed by atoms with van der Waals surface area (Å²) in [6.45, 7) is 6.75. The Hall–Kier alpha value is -2.36. The summed E-state index contributed by atoms with van der Waals surface area (Å²) in [7, 11) is 0. The second-order valence-electron chi connectivity index (χ2n) is 7.00. The molecule has 0 aromatic carbocycles. The average molecular weight is 375 g/mol. The zero-order valence-electron chi connectivity index (χ0n) is 15.4. The summed E-state index contributed by atoms with van der Waals surface area (Å²) in [4.78, 5) is 44.6. The first-order valence-corrected chi connectivity index (χ1v) is 8.42. The lowest BCUT2D eigenvalue weighted by Gasteiger charge is -2.21. The van der Waals surface area contributed by atoms with Gasteiger partial charge in [-0.3, -0.25) is 4.79 Å². The predicted molar refractivity (Wildman–Crippen MR) is 93.0 cm³/mol. The van der Waals surface area contributed by atoms with Gasteiger partial charge in [-0.2, -0.15) is 0 Å². The number of carbonyl (C=O) groups is 4. The van der Waals surface area contributed by atoms with E-state index in [0.29, 0.717) is 13.0 Å². The Bertz CT molecular complexity index is 503. The molecule has 0 saturated heterocycles. The highest BCUT2D eigenvalue weighted by Gasteiger charge is 2.24. The molecule has 10 nitrogen and oxygen atoms in total. The molecule has 0 radical (unpaired) electrons. The second-order valence-corrected chi connectivity index (χ2v) is 7.00. The number of hydrogen-bond donors (Lipinski definition) is 6. The maximum Gasteiger partial charge on any atom is 0.326 e. The molecule has 0 bridgehead atoms. The highest BCUT2D eigenvalue weighted by molar-refractivity contribution is 5.86. The number of carbonyl (C=O) groups excluding carboxylic acids is 1. The van der Waals surface area contributed by atoms with Gasteiger partial charge in [-0.15, -0.1) is 0 Å². The van der Waals surface area contributed by atoms with Crippen molar-refractivity contribution in [1.82, 2.24) is 16.0 Å². The predicted octanol–water partition coefficient (Wildman–Crippen LogP) is 0.615. The molecule has 2 amide bonds. The van der Waals surface area contributed by atoms with Crippen LogP contribution >= 0.6 is 0 Å². The molecule has 1 unspecified atom stereocenters. The number of hydrogen-bond acceptors (Lipinski definition) is 5. The number of carboxylic acids is 3. The highest BCUT2D eigenvalue weighted by Crippen LogP contribution is 2.04. The summed E-state index contributed by atoms with van der Waals surface area (Å²) >= 11 is 0. The Balaban J connectivity index is 4.41. The number of carboxylic acid groups (broad SMARTS) is 3. The third-order valence-electron chi connectivity index (χ3n) is 3.43. The molecule has 2 atom stereocenters. The van der Waals surface area contributed by atoms with Crippen molar-refractivity contribution in [3.63, 3.8) is 0 Å². The third-order valence-corrected chi connectivity index (χ3v) is 3.43. The van der Waals surface area contributed by atoms with Crippen LogP contribution < -0.4 is 16.0 Å². The van der Waals surface area contributed by atoms with Crippen LogP contribution in [-0.4, -0.2) is 63.4 Å². The van der Waals surface area contributed by atoms with E-state index in [1.165, 1.54) is 0 Å². The zero-order chi connectivity index (χ0) is 20.3. The van der Waals surface area contributed by atoms with Crippen molar-refractivity contribution in [2.24, 2.45) is 0 Å². The van der Waals surface area contributed by atoms with Crippen LogP contribution in [0.3, 0.4) is 0 Å². The van der Waals surface area contributed by atoms with Crippen LogP contribution in [0, 0.1) is 0 Å². The van der Waals surface area contributed by atoms with Crippen LogP contribution in [0.2, 0.25) is 0 Å². The van der Waals surface area contributed by atoms with Crippen molar-refractivity contribution in [3.8, 4) is 0 Å². The Kier molecular flexibility index (Phi) is 10.3. The van der Waals surface area contributed by atoms with Crippen LogP contribution in [0.5, 0.6) is 0 Å².